The van der Waals surface area contributed by atoms with Crippen LogP contribution in [-0.2, 0) is 16.6 Å². The average molecular weight is 288 g/mol. The van der Waals surface area contributed by atoms with Gasteiger partial charge in [0.15, 0.2) is 0 Å². The topological polar surface area (TPSA) is 32.3 Å². The van der Waals surface area contributed by atoms with Crippen molar-refractivity contribution in [2.45, 2.75) is 52.0 Å². The summed E-state index contributed by atoms with van der Waals surface area (Å²) < 4.78 is 0. The molecule has 1 saturated heterocycles. The molecule has 0 spiro atoms. The summed E-state index contributed by atoms with van der Waals surface area (Å²) >= 11 is 0. The number of hydrogen-bond acceptors (Lipinski definition) is 2. The number of nitrogens with one attached hydrogen (secondary N) is 1. The maximum atomic E-state index is 12.3. The van der Waals surface area contributed by atoms with E-state index >= 15 is 0 Å². The average Bonchev–Trinajstić information content (AvgIpc) is 2.45. The molecule has 21 heavy (non-hydrogen) atoms. The van der Waals surface area contributed by atoms with Gasteiger partial charge in [0.1, 0.15) is 0 Å². The minimum absolute atomic E-state index is 0.185. The number of carbonyl (C=O) groups excluding carboxylic acids is 1. The van der Waals surface area contributed by atoms with Crippen LogP contribution in [-0.4, -0.2) is 36.5 Å². The molecule has 0 bridgehead atoms. The fraction of sp³-hybridized carbons (Fsp3) is 0.611. The largest absolute Gasteiger partial charge is 0.337 e. The van der Waals surface area contributed by atoms with Gasteiger partial charge in [-0.25, -0.2) is 0 Å². The van der Waals surface area contributed by atoms with Gasteiger partial charge < -0.3 is 10.2 Å². The minimum atomic E-state index is 0.185. The molecule has 2 rings (SSSR count). The highest BCUT2D eigenvalue weighted by Crippen LogP contribution is 2.22. The number of benzene rings is 1. The van der Waals surface area contributed by atoms with Crippen LogP contribution in [0.5, 0.6) is 0 Å². The van der Waals surface area contributed by atoms with Crippen molar-refractivity contribution in [2.24, 2.45) is 0 Å². The van der Waals surface area contributed by atoms with Crippen molar-refractivity contribution in [1.82, 2.24) is 10.2 Å². The van der Waals surface area contributed by atoms with Crippen molar-refractivity contribution < 1.29 is 4.79 Å². The second-order valence-corrected chi connectivity index (χ2v) is 7.09. The van der Waals surface area contributed by atoms with Gasteiger partial charge in [0.2, 0.25) is 5.91 Å². The van der Waals surface area contributed by atoms with Gasteiger partial charge in [0.25, 0.3) is 0 Å². The van der Waals surface area contributed by atoms with Crippen molar-refractivity contribution in [2.75, 3.05) is 19.6 Å². The van der Waals surface area contributed by atoms with E-state index in [1.54, 1.807) is 0 Å². The molecule has 3 heteroatoms. The summed E-state index contributed by atoms with van der Waals surface area (Å²) in [6.45, 7) is 11.4. The lowest BCUT2D eigenvalue weighted by molar-refractivity contribution is -0.133. The van der Waals surface area contributed by atoms with Crippen molar-refractivity contribution >= 4 is 5.91 Å². The third-order valence-electron chi connectivity index (χ3n) is 4.27. The predicted octanol–water partition coefficient (Wildman–Crippen LogP) is 2.74. The van der Waals surface area contributed by atoms with Crippen LogP contribution >= 0.6 is 0 Å². The lowest BCUT2D eigenvalue weighted by atomic mass is 9.86. The van der Waals surface area contributed by atoms with Gasteiger partial charge >= 0.3 is 0 Å². The summed E-state index contributed by atoms with van der Waals surface area (Å²) in [4.78, 5) is 14.3. The first-order valence-corrected chi connectivity index (χ1v) is 7.97. The summed E-state index contributed by atoms with van der Waals surface area (Å²) in [5.41, 5.74) is 2.78. The monoisotopic (exact) mass is 288 g/mol. The summed E-state index contributed by atoms with van der Waals surface area (Å²) in [6, 6.07) is 9.01. The Hall–Kier alpha value is -1.35. The minimum Gasteiger partial charge on any atom is -0.337 e. The quantitative estimate of drug-likeness (QED) is 0.927. The summed E-state index contributed by atoms with van der Waals surface area (Å²) in [7, 11) is 0. The molecule has 0 aliphatic carbocycles. The maximum absolute atomic E-state index is 12.3. The Labute approximate surface area is 128 Å². The molecule has 1 amide bonds. The number of piperazine rings is 1. The van der Waals surface area contributed by atoms with Gasteiger partial charge in [-0.15, -0.1) is 0 Å². The van der Waals surface area contributed by atoms with E-state index in [0.29, 0.717) is 12.5 Å². The first-order chi connectivity index (χ1) is 9.88. The van der Waals surface area contributed by atoms with Crippen LogP contribution in [0.15, 0.2) is 24.3 Å². The van der Waals surface area contributed by atoms with E-state index in [0.717, 1.165) is 26.1 Å². The fourth-order valence-electron chi connectivity index (χ4n) is 2.78. The molecule has 1 fully saturated rings. The molecule has 1 aliphatic rings. The van der Waals surface area contributed by atoms with Crippen molar-refractivity contribution in [1.29, 1.82) is 0 Å². The number of hydrogen-bond donors (Lipinski definition) is 1. The van der Waals surface area contributed by atoms with Gasteiger partial charge in [0, 0.05) is 32.1 Å². The van der Waals surface area contributed by atoms with E-state index < -0.39 is 0 Å². The van der Waals surface area contributed by atoms with Gasteiger partial charge in [0.05, 0.1) is 0 Å². The fourth-order valence-corrected chi connectivity index (χ4v) is 2.78. The van der Waals surface area contributed by atoms with E-state index in [-0.39, 0.29) is 11.3 Å². The van der Waals surface area contributed by atoms with Crippen LogP contribution in [0.4, 0.5) is 0 Å². The van der Waals surface area contributed by atoms with Crippen LogP contribution in [0.1, 0.15) is 45.2 Å². The second-order valence-electron chi connectivity index (χ2n) is 7.09. The van der Waals surface area contributed by atoms with Gasteiger partial charge in [-0.05, 0) is 29.9 Å². The molecule has 1 aromatic carbocycles. The van der Waals surface area contributed by atoms with E-state index in [1.165, 1.54) is 11.1 Å². The molecular formula is C18H28N2O. The van der Waals surface area contributed by atoms with E-state index in [4.69, 9.17) is 0 Å². The lowest BCUT2D eigenvalue weighted by Gasteiger charge is -2.34. The Morgan fingerprint density at radius 3 is 2.52 bits per heavy atom. The standard InChI is InChI=1S/C18H28N2O/c1-14-13-19-11-12-20(14)17(21)10-7-15-5-8-16(9-6-15)18(2,3)4/h5-6,8-9,14,19H,7,10-13H2,1-4H3/t14-/m0/s1. The zero-order valence-corrected chi connectivity index (χ0v) is 13.8. The van der Waals surface area contributed by atoms with Crippen molar-refractivity contribution in [3.8, 4) is 0 Å². The van der Waals surface area contributed by atoms with Crippen molar-refractivity contribution in [3.63, 3.8) is 0 Å². The van der Waals surface area contributed by atoms with Crippen LogP contribution < -0.4 is 5.32 Å². The van der Waals surface area contributed by atoms with E-state index in [2.05, 4.69) is 57.3 Å². The van der Waals surface area contributed by atoms with Gasteiger partial charge in [-0.2, -0.15) is 0 Å². The molecule has 1 atom stereocenters. The molecule has 0 unspecified atom stereocenters. The predicted molar refractivity (Wildman–Crippen MR) is 87.5 cm³/mol. The molecule has 0 aromatic heterocycles. The Bertz CT molecular complexity index is 473. The molecule has 0 radical (unpaired) electrons. The first-order valence-electron chi connectivity index (χ1n) is 7.97. The van der Waals surface area contributed by atoms with Crippen molar-refractivity contribution in [3.05, 3.63) is 35.4 Å². The van der Waals surface area contributed by atoms with Gasteiger partial charge in [-0.1, -0.05) is 45.0 Å². The second kappa shape index (κ2) is 6.61. The molecular weight excluding hydrogens is 260 g/mol. The maximum Gasteiger partial charge on any atom is 0.223 e. The number of rotatable bonds is 3. The molecule has 0 saturated carbocycles. The molecule has 1 aromatic rings. The molecule has 1 heterocycles. The van der Waals surface area contributed by atoms with Gasteiger partial charge in [-0.3, -0.25) is 4.79 Å². The van der Waals surface area contributed by atoms with E-state index in [1.807, 2.05) is 4.90 Å². The Morgan fingerprint density at radius 2 is 1.95 bits per heavy atom. The lowest BCUT2D eigenvalue weighted by Crippen LogP contribution is -2.52. The number of aryl methyl sites for hydroxylation is 1. The molecule has 1 N–H and O–H groups in total. The SMILES string of the molecule is C[C@H]1CNCCN1C(=O)CCc1ccc(C(C)(C)C)cc1. The summed E-state index contributed by atoms with van der Waals surface area (Å²) in [5.74, 6) is 0.281. The van der Waals surface area contributed by atoms with Crippen LogP contribution in [0, 0.1) is 0 Å². The third kappa shape index (κ3) is 4.31. The van der Waals surface area contributed by atoms with E-state index in [9.17, 15) is 4.79 Å². The van der Waals surface area contributed by atoms with Crippen LogP contribution in [0.2, 0.25) is 0 Å². The number of amides is 1. The molecule has 1 aliphatic heterocycles. The molecule has 3 nitrogen and oxygen atoms in total. The highest BCUT2D eigenvalue weighted by molar-refractivity contribution is 5.77. The van der Waals surface area contributed by atoms with Crippen LogP contribution in [0.25, 0.3) is 0 Å². The Kier molecular flexibility index (Phi) is 5.04. The summed E-state index contributed by atoms with van der Waals surface area (Å²) in [6.07, 6.45) is 1.44. The Balaban J connectivity index is 1.89. The zero-order chi connectivity index (χ0) is 15.5. The smallest absolute Gasteiger partial charge is 0.223 e. The zero-order valence-electron chi connectivity index (χ0n) is 13.8. The molecule has 116 valence electrons. The Morgan fingerprint density at radius 1 is 1.29 bits per heavy atom. The number of nitrogens with zero attached hydrogens (tertiary/aromatic N) is 1. The number of carbonyl (C=O) groups is 1. The first kappa shape index (κ1) is 16.0. The highest BCUT2D eigenvalue weighted by Gasteiger charge is 2.22. The summed E-state index contributed by atoms with van der Waals surface area (Å²) in [5, 5.41) is 3.32. The normalized spacial score (nSPS) is 19.6. The third-order valence-corrected chi connectivity index (χ3v) is 4.27. The van der Waals surface area contributed by atoms with Crippen LogP contribution in [0.3, 0.4) is 0 Å². The highest BCUT2D eigenvalue weighted by atomic mass is 16.2.